The largest absolute Gasteiger partial charge is 0.497 e. The lowest BCUT2D eigenvalue weighted by Crippen LogP contribution is -2.31. The summed E-state index contributed by atoms with van der Waals surface area (Å²) in [6.45, 7) is 0.931. The molecule has 1 aliphatic rings. The van der Waals surface area contributed by atoms with Crippen molar-refractivity contribution >= 4 is 17.2 Å². The lowest BCUT2D eigenvalue weighted by Gasteiger charge is -2.20. The molecule has 180 valence electrons. The summed E-state index contributed by atoms with van der Waals surface area (Å²) in [6, 6.07) is 20.7. The summed E-state index contributed by atoms with van der Waals surface area (Å²) < 4.78 is 10.8. The predicted molar refractivity (Wildman–Crippen MR) is 140 cm³/mol. The minimum atomic E-state index is 0.292. The van der Waals surface area contributed by atoms with Gasteiger partial charge in [0.2, 0.25) is 0 Å². The average Bonchev–Trinajstić information content (AvgIpc) is 2.93. The van der Waals surface area contributed by atoms with Crippen molar-refractivity contribution in [3.63, 3.8) is 0 Å². The molecule has 3 aromatic rings. The molecule has 0 saturated heterocycles. The Morgan fingerprint density at radius 2 is 1.92 bits per heavy atom. The molecule has 4 rings (SSSR count). The number of hydrogen-bond acceptors (Lipinski definition) is 8. The number of allylic oxidation sites excluding steroid dienone is 1. The Morgan fingerprint density at radius 3 is 2.67 bits per heavy atom. The van der Waals surface area contributed by atoms with Crippen molar-refractivity contribution < 1.29 is 9.47 Å². The number of aromatic nitrogens is 1. The van der Waals surface area contributed by atoms with Gasteiger partial charge in [-0.1, -0.05) is 18.2 Å². The zero-order valence-corrected chi connectivity index (χ0v) is 20.1. The van der Waals surface area contributed by atoms with Crippen molar-refractivity contribution in [2.75, 3.05) is 14.2 Å². The molecule has 0 unspecified atom stereocenters. The normalized spacial score (nSPS) is 13.9. The number of nitrogens with zero attached hydrogens (tertiary/aromatic N) is 3. The first-order valence-electron chi connectivity index (χ1n) is 11.3. The molecule has 1 aromatic heterocycles. The van der Waals surface area contributed by atoms with E-state index >= 15 is 0 Å². The van der Waals surface area contributed by atoms with Gasteiger partial charge in [-0.2, -0.15) is 5.26 Å². The molecule has 0 saturated carbocycles. The smallest absolute Gasteiger partial charge is 0.137 e. The van der Waals surface area contributed by atoms with Crippen LogP contribution in [0.15, 0.2) is 89.7 Å². The summed E-state index contributed by atoms with van der Waals surface area (Å²) in [7, 11) is 3.22. The molecule has 0 radical (unpaired) electrons. The Balaban J connectivity index is 1.62. The van der Waals surface area contributed by atoms with Crippen molar-refractivity contribution in [1.82, 2.24) is 15.6 Å². The number of amidine groups is 1. The lowest BCUT2D eigenvalue weighted by atomic mass is 10.0. The molecule has 8 heteroatoms. The number of nitrogens with one attached hydrogen (secondary N) is 3. The molecule has 0 spiro atoms. The highest BCUT2D eigenvalue weighted by atomic mass is 16.5. The maximum absolute atomic E-state index is 9.29. The van der Waals surface area contributed by atoms with E-state index in [-0.39, 0.29) is 0 Å². The van der Waals surface area contributed by atoms with Gasteiger partial charge in [0, 0.05) is 36.1 Å². The first-order chi connectivity index (χ1) is 17.6. The van der Waals surface area contributed by atoms with Crippen molar-refractivity contribution in [2.24, 2.45) is 4.99 Å². The minimum absolute atomic E-state index is 0.292. The number of hydrogen-bond donors (Lipinski definition) is 3. The van der Waals surface area contributed by atoms with E-state index in [0.717, 1.165) is 16.8 Å². The van der Waals surface area contributed by atoms with Crippen LogP contribution in [0.5, 0.6) is 11.5 Å². The van der Waals surface area contributed by atoms with Gasteiger partial charge < -0.3 is 20.1 Å². The van der Waals surface area contributed by atoms with Crippen LogP contribution in [0.1, 0.15) is 22.4 Å². The highest BCUT2D eigenvalue weighted by Crippen LogP contribution is 2.26. The molecule has 1 aliphatic heterocycles. The fourth-order valence-corrected chi connectivity index (χ4v) is 3.67. The van der Waals surface area contributed by atoms with Gasteiger partial charge in [0.25, 0.3) is 0 Å². The fraction of sp³-hybridized carbons (Fsp3) is 0.143. The Labute approximate surface area is 210 Å². The second kappa shape index (κ2) is 11.5. The van der Waals surface area contributed by atoms with Gasteiger partial charge in [-0.05, 0) is 42.5 Å². The molecule has 0 atom stereocenters. The van der Waals surface area contributed by atoms with E-state index in [2.05, 4.69) is 21.7 Å². The second-order valence-corrected chi connectivity index (χ2v) is 7.89. The second-order valence-electron chi connectivity index (χ2n) is 7.89. The Bertz CT molecular complexity index is 1390. The van der Waals surface area contributed by atoms with E-state index in [1.54, 1.807) is 44.8 Å². The van der Waals surface area contributed by atoms with Crippen LogP contribution in [-0.4, -0.2) is 30.8 Å². The molecule has 0 amide bonds. The number of benzene rings is 2. The van der Waals surface area contributed by atoms with Crippen LogP contribution in [-0.2, 0) is 13.1 Å². The van der Waals surface area contributed by atoms with Crippen LogP contribution >= 0.6 is 0 Å². The van der Waals surface area contributed by atoms with Crippen LogP contribution in [0.2, 0.25) is 0 Å². The third-order valence-corrected chi connectivity index (χ3v) is 5.54. The van der Waals surface area contributed by atoms with Crippen LogP contribution in [0.25, 0.3) is 5.70 Å². The van der Waals surface area contributed by atoms with E-state index in [4.69, 9.17) is 19.9 Å². The van der Waals surface area contributed by atoms with Crippen LogP contribution in [0, 0.1) is 16.7 Å². The molecule has 8 nitrogen and oxygen atoms in total. The van der Waals surface area contributed by atoms with E-state index < -0.39 is 0 Å². The molecule has 3 N–H and O–H groups in total. The number of rotatable bonds is 8. The van der Waals surface area contributed by atoms with Crippen molar-refractivity contribution in [3.05, 3.63) is 107 Å². The van der Waals surface area contributed by atoms with Crippen molar-refractivity contribution in [3.8, 4) is 17.6 Å². The molecule has 0 aliphatic carbocycles. The maximum atomic E-state index is 9.29. The summed E-state index contributed by atoms with van der Waals surface area (Å²) in [4.78, 5) is 9.14. The standard InChI is InChI=1S/C28H26N6O2/c1-35-23-10-9-21(27(13-23)36-2)16-33-28-24(18-31-17-22-8-3-4-11-32-22)25(30)14-26(34-28)20-7-5-6-19(12-20)15-29/h3-14,18,30-31H,16-17H2,1-2H3,(H,33,34)/b24-18+,30-25?. The summed E-state index contributed by atoms with van der Waals surface area (Å²) in [5.74, 6) is 1.92. The SMILES string of the molecule is COc1ccc(CNC2=NC(c3cccc(C#N)c3)=CC(=N)/C2=C\NCc2ccccn2)c(OC)c1. The maximum Gasteiger partial charge on any atom is 0.137 e. The third-order valence-electron chi connectivity index (χ3n) is 5.54. The fourth-order valence-electron chi connectivity index (χ4n) is 3.67. The number of methoxy groups -OCH3 is 2. The zero-order valence-electron chi connectivity index (χ0n) is 20.1. The number of aliphatic imine (C=N–C) groups is 1. The van der Waals surface area contributed by atoms with Gasteiger partial charge in [-0.3, -0.25) is 10.4 Å². The van der Waals surface area contributed by atoms with E-state index in [1.807, 2.05) is 48.5 Å². The molecular formula is C28H26N6O2. The Hall–Kier alpha value is -4.90. The third kappa shape index (κ3) is 5.77. The number of nitriles is 1. The van der Waals surface area contributed by atoms with E-state index in [1.165, 1.54) is 0 Å². The minimum Gasteiger partial charge on any atom is -0.497 e. The summed E-state index contributed by atoms with van der Waals surface area (Å²) in [5.41, 5.74) is 4.60. The quantitative estimate of drug-likeness (QED) is 0.447. The van der Waals surface area contributed by atoms with Gasteiger partial charge in [0.05, 0.1) is 55.1 Å². The predicted octanol–water partition coefficient (Wildman–Crippen LogP) is 4.21. The van der Waals surface area contributed by atoms with E-state index in [9.17, 15) is 5.26 Å². The lowest BCUT2D eigenvalue weighted by molar-refractivity contribution is 0.390. The highest BCUT2D eigenvalue weighted by Gasteiger charge is 2.20. The van der Waals surface area contributed by atoms with Crippen molar-refractivity contribution in [1.29, 1.82) is 10.7 Å². The summed E-state index contributed by atoms with van der Waals surface area (Å²) >= 11 is 0. The first-order valence-corrected chi connectivity index (χ1v) is 11.3. The average molecular weight is 479 g/mol. The van der Waals surface area contributed by atoms with Crippen LogP contribution < -0.4 is 20.1 Å². The van der Waals surface area contributed by atoms with Gasteiger partial charge in [0.1, 0.15) is 17.3 Å². The molecular weight excluding hydrogens is 452 g/mol. The van der Waals surface area contributed by atoms with E-state index in [0.29, 0.717) is 53.0 Å². The highest BCUT2D eigenvalue weighted by molar-refractivity contribution is 6.30. The number of ether oxygens (including phenoxy) is 2. The van der Waals surface area contributed by atoms with Crippen LogP contribution in [0.3, 0.4) is 0 Å². The monoisotopic (exact) mass is 478 g/mol. The molecule has 0 fully saturated rings. The molecule has 36 heavy (non-hydrogen) atoms. The molecule has 0 bridgehead atoms. The van der Waals surface area contributed by atoms with Crippen LogP contribution in [0.4, 0.5) is 0 Å². The molecule has 2 heterocycles. The topological polar surface area (TPSA) is 115 Å². The van der Waals surface area contributed by atoms with Gasteiger partial charge in [-0.15, -0.1) is 0 Å². The van der Waals surface area contributed by atoms with Gasteiger partial charge in [-0.25, -0.2) is 4.99 Å². The Kier molecular flexibility index (Phi) is 7.73. The van der Waals surface area contributed by atoms with Gasteiger partial charge >= 0.3 is 0 Å². The molecule has 2 aromatic carbocycles. The summed E-state index contributed by atoms with van der Waals surface area (Å²) in [6.07, 6.45) is 5.21. The summed E-state index contributed by atoms with van der Waals surface area (Å²) in [5, 5.41) is 24.6. The van der Waals surface area contributed by atoms with Gasteiger partial charge in [0.15, 0.2) is 0 Å². The zero-order chi connectivity index (χ0) is 25.3. The van der Waals surface area contributed by atoms with Crippen molar-refractivity contribution in [2.45, 2.75) is 13.1 Å². The first kappa shape index (κ1) is 24.2. The number of pyridine rings is 1. The Morgan fingerprint density at radius 1 is 1.03 bits per heavy atom.